The van der Waals surface area contributed by atoms with Crippen LogP contribution in [-0.4, -0.2) is 29.2 Å². The van der Waals surface area contributed by atoms with Gasteiger partial charge in [-0.25, -0.2) is 10.2 Å². The number of hydrogen-bond donors (Lipinski definition) is 3. The van der Waals surface area contributed by atoms with Gasteiger partial charge >= 0.3 is 6.09 Å². The molecular formula is C7H11N3O2. The van der Waals surface area contributed by atoms with E-state index in [1.165, 1.54) is 4.90 Å². The first-order valence-electron chi connectivity index (χ1n) is 3.97. The van der Waals surface area contributed by atoms with E-state index in [1.54, 1.807) is 6.20 Å². The lowest BCUT2D eigenvalue weighted by Crippen LogP contribution is -2.32. The van der Waals surface area contributed by atoms with Crippen LogP contribution in [0, 0.1) is 5.92 Å². The van der Waals surface area contributed by atoms with Gasteiger partial charge in [-0.2, -0.15) is 0 Å². The van der Waals surface area contributed by atoms with Crippen LogP contribution in [-0.2, 0) is 0 Å². The predicted octanol–water partition coefficient (Wildman–Crippen LogP) is -0.0645. The minimum atomic E-state index is -0.880. The molecule has 0 saturated carbocycles. The molecule has 0 aromatic heterocycles. The molecule has 0 bridgehead atoms. The molecule has 0 radical (unpaired) electrons. The lowest BCUT2D eigenvalue weighted by Gasteiger charge is -2.23. The molecule has 3 N–H and O–H groups in total. The van der Waals surface area contributed by atoms with Crippen molar-refractivity contribution < 1.29 is 9.90 Å². The average Bonchev–Trinajstić information content (AvgIpc) is 2.49. The number of carbonyl (C=O) groups is 1. The van der Waals surface area contributed by atoms with Crippen molar-refractivity contribution in [1.29, 1.82) is 0 Å². The molecule has 2 aliphatic heterocycles. The summed E-state index contributed by atoms with van der Waals surface area (Å²) in [6.07, 6.45) is 1.68. The second-order valence-electron chi connectivity index (χ2n) is 3.05. The number of rotatable bonds is 0. The molecule has 1 unspecified atom stereocenters. The largest absolute Gasteiger partial charge is 0.465 e. The fourth-order valence-corrected chi connectivity index (χ4v) is 1.56. The zero-order valence-electron chi connectivity index (χ0n) is 6.58. The smallest absolute Gasteiger partial charge is 0.411 e. The molecule has 1 amide bonds. The molecule has 0 aromatic rings. The predicted molar refractivity (Wildman–Crippen MR) is 42.1 cm³/mol. The van der Waals surface area contributed by atoms with Gasteiger partial charge in [0, 0.05) is 30.9 Å². The van der Waals surface area contributed by atoms with E-state index in [9.17, 15) is 4.79 Å². The standard InChI is InChI=1S/C7H11N3O2/c11-7(12)10-2-1-5-3-8-9-6(5)4-10/h4-5,8-9H,1-3H2,(H,11,12). The molecule has 2 aliphatic rings. The van der Waals surface area contributed by atoms with E-state index in [-0.39, 0.29) is 0 Å². The van der Waals surface area contributed by atoms with Gasteiger partial charge in [0.05, 0.1) is 0 Å². The van der Waals surface area contributed by atoms with Crippen LogP contribution in [0.5, 0.6) is 0 Å². The quantitative estimate of drug-likeness (QED) is 0.475. The highest BCUT2D eigenvalue weighted by Gasteiger charge is 2.27. The van der Waals surface area contributed by atoms with E-state index in [0.29, 0.717) is 12.5 Å². The second kappa shape index (κ2) is 2.67. The van der Waals surface area contributed by atoms with E-state index >= 15 is 0 Å². The number of amides is 1. The van der Waals surface area contributed by atoms with E-state index in [1.807, 2.05) is 0 Å². The lowest BCUT2D eigenvalue weighted by atomic mass is 10.0. The number of nitrogens with zero attached hydrogens (tertiary/aromatic N) is 1. The summed E-state index contributed by atoms with van der Waals surface area (Å²) in [5.74, 6) is 0.473. The number of nitrogens with one attached hydrogen (secondary N) is 2. The highest BCUT2D eigenvalue weighted by atomic mass is 16.4. The molecule has 0 spiro atoms. The maximum Gasteiger partial charge on any atom is 0.411 e. The van der Waals surface area contributed by atoms with Crippen LogP contribution in [0.25, 0.3) is 0 Å². The minimum Gasteiger partial charge on any atom is -0.465 e. The maximum absolute atomic E-state index is 10.6. The zero-order chi connectivity index (χ0) is 8.55. The van der Waals surface area contributed by atoms with Gasteiger partial charge in [-0.05, 0) is 6.42 Å². The summed E-state index contributed by atoms with van der Waals surface area (Å²) in [6, 6.07) is 0. The van der Waals surface area contributed by atoms with Crippen LogP contribution in [0.15, 0.2) is 11.9 Å². The molecule has 0 aliphatic carbocycles. The van der Waals surface area contributed by atoms with Crippen molar-refractivity contribution in [3.05, 3.63) is 11.9 Å². The van der Waals surface area contributed by atoms with Gasteiger partial charge in [-0.1, -0.05) is 0 Å². The Kier molecular flexibility index (Phi) is 1.65. The molecule has 1 atom stereocenters. The van der Waals surface area contributed by atoms with Gasteiger partial charge in [0.1, 0.15) is 0 Å². The first-order valence-corrected chi connectivity index (χ1v) is 3.97. The van der Waals surface area contributed by atoms with Crippen LogP contribution >= 0.6 is 0 Å². The summed E-state index contributed by atoms with van der Waals surface area (Å²) < 4.78 is 0. The van der Waals surface area contributed by atoms with Crippen LogP contribution in [0.4, 0.5) is 4.79 Å². The maximum atomic E-state index is 10.6. The summed E-state index contributed by atoms with van der Waals surface area (Å²) in [7, 11) is 0. The van der Waals surface area contributed by atoms with Crippen LogP contribution in [0.3, 0.4) is 0 Å². The number of hydrogen-bond acceptors (Lipinski definition) is 3. The Morgan fingerprint density at radius 1 is 1.75 bits per heavy atom. The first kappa shape index (κ1) is 7.42. The molecule has 1 saturated heterocycles. The van der Waals surface area contributed by atoms with Crippen LogP contribution < -0.4 is 10.9 Å². The Morgan fingerprint density at radius 2 is 2.58 bits per heavy atom. The van der Waals surface area contributed by atoms with Gasteiger partial charge in [0.15, 0.2) is 0 Å². The molecule has 66 valence electrons. The van der Waals surface area contributed by atoms with Crippen molar-refractivity contribution >= 4 is 6.09 Å². The normalized spacial score (nSPS) is 27.5. The van der Waals surface area contributed by atoms with Gasteiger partial charge in [0.25, 0.3) is 0 Å². The van der Waals surface area contributed by atoms with E-state index in [2.05, 4.69) is 10.9 Å². The number of hydrazine groups is 1. The van der Waals surface area contributed by atoms with Gasteiger partial charge in [-0.15, -0.1) is 0 Å². The minimum absolute atomic E-state index is 0.473. The molecule has 12 heavy (non-hydrogen) atoms. The molecule has 5 heteroatoms. The Bertz CT molecular complexity index is 239. The molecule has 1 fully saturated rings. The van der Waals surface area contributed by atoms with Gasteiger partial charge in [-0.3, -0.25) is 4.90 Å². The Labute approximate surface area is 70.0 Å². The third-order valence-corrected chi connectivity index (χ3v) is 2.28. The van der Waals surface area contributed by atoms with Crippen molar-refractivity contribution in [2.45, 2.75) is 6.42 Å². The first-order chi connectivity index (χ1) is 5.77. The Balaban J connectivity index is 2.14. The lowest BCUT2D eigenvalue weighted by molar-refractivity contribution is 0.158. The van der Waals surface area contributed by atoms with E-state index in [0.717, 1.165) is 18.7 Å². The second-order valence-corrected chi connectivity index (χ2v) is 3.05. The van der Waals surface area contributed by atoms with Crippen molar-refractivity contribution in [3.8, 4) is 0 Å². The highest BCUT2D eigenvalue weighted by molar-refractivity contribution is 5.66. The summed E-state index contributed by atoms with van der Waals surface area (Å²) in [6.45, 7) is 1.51. The summed E-state index contributed by atoms with van der Waals surface area (Å²) in [5, 5.41) is 8.69. The fourth-order valence-electron chi connectivity index (χ4n) is 1.56. The monoisotopic (exact) mass is 169 g/mol. The summed E-state index contributed by atoms with van der Waals surface area (Å²) in [5.41, 5.74) is 6.92. The third-order valence-electron chi connectivity index (χ3n) is 2.28. The van der Waals surface area contributed by atoms with Crippen molar-refractivity contribution in [1.82, 2.24) is 15.8 Å². The van der Waals surface area contributed by atoms with Crippen molar-refractivity contribution in [2.75, 3.05) is 13.1 Å². The van der Waals surface area contributed by atoms with E-state index < -0.39 is 6.09 Å². The molecule has 2 heterocycles. The van der Waals surface area contributed by atoms with Crippen LogP contribution in [0.2, 0.25) is 0 Å². The van der Waals surface area contributed by atoms with Crippen LogP contribution in [0.1, 0.15) is 6.42 Å². The number of fused-ring (bicyclic) bond motifs is 1. The molecule has 2 rings (SSSR count). The summed E-state index contributed by atoms with van der Waals surface area (Å²) in [4.78, 5) is 11.9. The highest BCUT2D eigenvalue weighted by Crippen LogP contribution is 2.21. The Hall–Kier alpha value is -1.23. The summed E-state index contributed by atoms with van der Waals surface area (Å²) >= 11 is 0. The average molecular weight is 169 g/mol. The van der Waals surface area contributed by atoms with Gasteiger partial charge < -0.3 is 10.5 Å². The van der Waals surface area contributed by atoms with E-state index in [4.69, 9.17) is 5.11 Å². The topological polar surface area (TPSA) is 64.6 Å². The third kappa shape index (κ3) is 1.12. The molecular weight excluding hydrogens is 158 g/mol. The van der Waals surface area contributed by atoms with Gasteiger partial charge in [0.2, 0.25) is 0 Å². The molecule has 5 nitrogen and oxygen atoms in total. The fraction of sp³-hybridized carbons (Fsp3) is 0.571. The SMILES string of the molecule is O=C(O)N1C=C2NNCC2CC1. The Morgan fingerprint density at radius 3 is 3.33 bits per heavy atom. The number of carboxylic acid groups (broad SMARTS) is 1. The molecule has 0 aromatic carbocycles. The van der Waals surface area contributed by atoms with Crippen molar-refractivity contribution in [3.63, 3.8) is 0 Å². The van der Waals surface area contributed by atoms with Crippen molar-refractivity contribution in [2.24, 2.45) is 5.92 Å². The zero-order valence-corrected chi connectivity index (χ0v) is 6.58.